The van der Waals surface area contributed by atoms with Crippen molar-refractivity contribution in [1.29, 1.82) is 0 Å². The summed E-state index contributed by atoms with van der Waals surface area (Å²) in [4.78, 5) is 25.2. The lowest BCUT2D eigenvalue weighted by atomic mass is 10.0. The second-order valence-electron chi connectivity index (χ2n) is 7.37. The first-order valence-corrected chi connectivity index (χ1v) is 10.5. The summed E-state index contributed by atoms with van der Waals surface area (Å²) in [5.74, 6) is -0.513. The van der Waals surface area contributed by atoms with Gasteiger partial charge in [-0.25, -0.2) is 9.59 Å². The van der Waals surface area contributed by atoms with E-state index >= 15 is 0 Å². The van der Waals surface area contributed by atoms with Gasteiger partial charge in [-0.2, -0.15) is 0 Å². The maximum atomic E-state index is 12.8. The summed E-state index contributed by atoms with van der Waals surface area (Å²) in [6.45, 7) is 4.00. The van der Waals surface area contributed by atoms with E-state index in [4.69, 9.17) is 9.47 Å². The Morgan fingerprint density at radius 2 is 1.28 bits per heavy atom. The molecule has 0 radical (unpaired) electrons. The molecule has 1 amide bonds. The van der Waals surface area contributed by atoms with Gasteiger partial charge in [0, 0.05) is 6.42 Å². The molecule has 3 aromatic rings. The van der Waals surface area contributed by atoms with E-state index < -0.39 is 18.1 Å². The highest BCUT2D eigenvalue weighted by atomic mass is 16.6. The first-order chi connectivity index (χ1) is 15.6. The maximum absolute atomic E-state index is 12.8. The summed E-state index contributed by atoms with van der Waals surface area (Å²) in [6.07, 6.45) is 2.23. The Morgan fingerprint density at radius 3 is 1.84 bits per heavy atom. The quantitative estimate of drug-likeness (QED) is 0.364. The van der Waals surface area contributed by atoms with Crippen LogP contribution >= 0.6 is 0 Å². The molecule has 5 heteroatoms. The number of hydrogen-bond donors (Lipinski definition) is 1. The van der Waals surface area contributed by atoms with Crippen molar-refractivity contribution >= 4 is 12.1 Å². The molecule has 164 valence electrons. The van der Waals surface area contributed by atoms with Gasteiger partial charge >= 0.3 is 12.1 Å². The summed E-state index contributed by atoms with van der Waals surface area (Å²) in [5.41, 5.74) is 3.77. The molecule has 0 heterocycles. The molecule has 0 saturated heterocycles. The van der Waals surface area contributed by atoms with Crippen LogP contribution in [0.3, 0.4) is 0 Å². The van der Waals surface area contributed by atoms with E-state index in [9.17, 15) is 9.59 Å². The molecule has 0 spiro atoms. The summed E-state index contributed by atoms with van der Waals surface area (Å²) in [5, 5.41) is 2.66. The van der Waals surface area contributed by atoms with E-state index in [2.05, 4.69) is 11.9 Å². The van der Waals surface area contributed by atoms with Crippen LogP contribution in [0.4, 0.5) is 4.79 Å². The van der Waals surface area contributed by atoms with Crippen molar-refractivity contribution in [3.05, 3.63) is 120 Å². The standard InChI is InChI=1S/C27H27NO4/c1-2-9-21-14-16-22(17-15-21)18-25(26(29)31-19-23-10-5-3-6-11-23)28-27(30)32-20-24-12-7-4-8-13-24/h2-8,10-17,25H,1,9,18-20H2,(H,28,30)/t25-/m0/s1. The van der Waals surface area contributed by atoms with Crippen molar-refractivity contribution in [1.82, 2.24) is 5.32 Å². The number of amides is 1. The van der Waals surface area contributed by atoms with Crippen LogP contribution in [0.15, 0.2) is 97.6 Å². The number of ether oxygens (including phenoxy) is 2. The molecule has 1 atom stereocenters. The number of carbonyl (C=O) groups excluding carboxylic acids is 2. The van der Waals surface area contributed by atoms with Gasteiger partial charge in [0.15, 0.2) is 0 Å². The molecular formula is C27H27NO4. The third-order valence-corrected chi connectivity index (χ3v) is 4.86. The molecule has 5 nitrogen and oxygen atoms in total. The molecule has 3 aromatic carbocycles. The third-order valence-electron chi connectivity index (χ3n) is 4.86. The van der Waals surface area contributed by atoms with Crippen LogP contribution in [0.2, 0.25) is 0 Å². The number of benzene rings is 3. The van der Waals surface area contributed by atoms with Gasteiger partial charge in [0.1, 0.15) is 19.3 Å². The van der Waals surface area contributed by atoms with Gasteiger partial charge in [0.05, 0.1) is 0 Å². The largest absolute Gasteiger partial charge is 0.459 e. The van der Waals surface area contributed by atoms with Crippen LogP contribution < -0.4 is 5.32 Å². The molecule has 0 aromatic heterocycles. The Balaban J connectivity index is 1.63. The number of rotatable bonds is 10. The molecule has 0 aliphatic rings. The van der Waals surface area contributed by atoms with Gasteiger partial charge in [0.25, 0.3) is 0 Å². The number of nitrogens with one attached hydrogen (secondary N) is 1. The first kappa shape index (κ1) is 22.8. The highest BCUT2D eigenvalue weighted by Crippen LogP contribution is 2.11. The third kappa shape index (κ3) is 7.43. The second kappa shape index (κ2) is 12.1. The van der Waals surface area contributed by atoms with Gasteiger partial charge in [-0.15, -0.1) is 6.58 Å². The fraction of sp³-hybridized carbons (Fsp3) is 0.185. The van der Waals surface area contributed by atoms with Gasteiger partial charge in [0.2, 0.25) is 0 Å². The van der Waals surface area contributed by atoms with Gasteiger partial charge in [-0.05, 0) is 28.7 Å². The highest BCUT2D eigenvalue weighted by Gasteiger charge is 2.24. The Hall–Kier alpha value is -3.86. The number of hydrogen-bond acceptors (Lipinski definition) is 4. The minimum absolute atomic E-state index is 0.120. The lowest BCUT2D eigenvalue weighted by Gasteiger charge is -2.18. The van der Waals surface area contributed by atoms with E-state index in [1.807, 2.05) is 91.0 Å². The zero-order chi connectivity index (χ0) is 22.6. The van der Waals surface area contributed by atoms with Crippen LogP contribution in [0.25, 0.3) is 0 Å². The smallest absolute Gasteiger partial charge is 0.408 e. The van der Waals surface area contributed by atoms with Crippen molar-refractivity contribution in [3.63, 3.8) is 0 Å². The van der Waals surface area contributed by atoms with E-state index in [1.54, 1.807) is 0 Å². The monoisotopic (exact) mass is 429 g/mol. The fourth-order valence-corrected chi connectivity index (χ4v) is 3.14. The minimum Gasteiger partial charge on any atom is -0.459 e. The number of carbonyl (C=O) groups is 2. The molecule has 0 bridgehead atoms. The molecule has 0 aliphatic carbocycles. The topological polar surface area (TPSA) is 64.6 Å². The normalized spacial score (nSPS) is 11.2. The average Bonchev–Trinajstić information content (AvgIpc) is 2.83. The van der Waals surface area contributed by atoms with E-state index in [0.717, 1.165) is 28.7 Å². The fourth-order valence-electron chi connectivity index (χ4n) is 3.14. The van der Waals surface area contributed by atoms with Crippen LogP contribution in [-0.2, 0) is 40.3 Å². The number of esters is 1. The highest BCUT2D eigenvalue weighted by molar-refractivity contribution is 5.81. The van der Waals surface area contributed by atoms with E-state index in [1.165, 1.54) is 0 Å². The molecule has 0 unspecified atom stereocenters. The van der Waals surface area contributed by atoms with Crippen LogP contribution in [0.1, 0.15) is 22.3 Å². The summed E-state index contributed by atoms with van der Waals surface area (Å²) in [6, 6.07) is 25.7. The summed E-state index contributed by atoms with van der Waals surface area (Å²) < 4.78 is 10.8. The van der Waals surface area contributed by atoms with E-state index in [-0.39, 0.29) is 13.2 Å². The average molecular weight is 430 g/mol. The van der Waals surface area contributed by atoms with Crippen molar-refractivity contribution in [2.24, 2.45) is 0 Å². The zero-order valence-electron chi connectivity index (χ0n) is 17.9. The molecule has 32 heavy (non-hydrogen) atoms. The minimum atomic E-state index is -0.868. The van der Waals surface area contributed by atoms with Crippen molar-refractivity contribution in [3.8, 4) is 0 Å². The van der Waals surface area contributed by atoms with Crippen molar-refractivity contribution in [2.45, 2.75) is 32.1 Å². The van der Waals surface area contributed by atoms with Crippen LogP contribution in [0.5, 0.6) is 0 Å². The SMILES string of the molecule is C=CCc1ccc(C[C@H](NC(=O)OCc2ccccc2)C(=O)OCc2ccccc2)cc1. The molecule has 0 saturated carbocycles. The Bertz CT molecular complexity index is 1000. The second-order valence-corrected chi connectivity index (χ2v) is 7.37. The zero-order valence-corrected chi connectivity index (χ0v) is 17.9. The van der Waals surface area contributed by atoms with Gasteiger partial charge < -0.3 is 14.8 Å². The lowest BCUT2D eigenvalue weighted by molar-refractivity contribution is -0.147. The Labute approximate surface area is 188 Å². The van der Waals surface area contributed by atoms with E-state index in [0.29, 0.717) is 6.42 Å². The predicted octanol–water partition coefficient (Wildman–Crippen LogP) is 5.00. The molecule has 0 aliphatic heterocycles. The summed E-state index contributed by atoms with van der Waals surface area (Å²) in [7, 11) is 0. The maximum Gasteiger partial charge on any atom is 0.408 e. The predicted molar refractivity (Wildman–Crippen MR) is 124 cm³/mol. The molecular weight excluding hydrogens is 402 g/mol. The van der Waals surface area contributed by atoms with Crippen molar-refractivity contribution < 1.29 is 19.1 Å². The molecule has 3 rings (SSSR count). The van der Waals surface area contributed by atoms with Crippen LogP contribution in [-0.4, -0.2) is 18.1 Å². The number of allylic oxidation sites excluding steroid dienone is 1. The van der Waals surface area contributed by atoms with Gasteiger partial charge in [-0.3, -0.25) is 0 Å². The van der Waals surface area contributed by atoms with Crippen LogP contribution in [0, 0.1) is 0 Å². The Morgan fingerprint density at radius 1 is 0.750 bits per heavy atom. The number of alkyl carbamates (subject to hydrolysis) is 1. The summed E-state index contributed by atoms with van der Waals surface area (Å²) >= 11 is 0. The lowest BCUT2D eigenvalue weighted by Crippen LogP contribution is -2.43. The van der Waals surface area contributed by atoms with Gasteiger partial charge in [-0.1, -0.05) is 91.0 Å². The first-order valence-electron chi connectivity index (χ1n) is 10.5. The molecule has 0 fully saturated rings. The van der Waals surface area contributed by atoms with Crippen molar-refractivity contribution in [2.75, 3.05) is 0 Å². The Kier molecular flexibility index (Phi) is 8.63. The molecule has 1 N–H and O–H groups in total.